The Morgan fingerprint density at radius 2 is 1.89 bits per heavy atom. The zero-order valence-electron chi connectivity index (χ0n) is 10.2. The highest BCUT2D eigenvalue weighted by molar-refractivity contribution is 6.31. The van der Waals surface area contributed by atoms with Gasteiger partial charge < -0.3 is 0 Å². The Morgan fingerprint density at radius 1 is 1.16 bits per heavy atom. The van der Waals surface area contributed by atoms with E-state index in [1.807, 2.05) is 0 Å². The number of benzene rings is 2. The minimum atomic E-state index is -0.514. The van der Waals surface area contributed by atoms with Gasteiger partial charge in [-0.05, 0) is 42.8 Å². The van der Waals surface area contributed by atoms with Crippen molar-refractivity contribution in [1.29, 1.82) is 0 Å². The standard InChI is InChI=1S/C15H11ClF2O/c1-9-7-10(5-6-13(9)17)15(19)8-11-12(16)3-2-4-14(11)18/h2-7H,8H2,1H3. The molecule has 0 spiro atoms. The van der Waals surface area contributed by atoms with Crippen LogP contribution < -0.4 is 0 Å². The molecular weight excluding hydrogens is 270 g/mol. The lowest BCUT2D eigenvalue weighted by Gasteiger charge is -2.06. The summed E-state index contributed by atoms with van der Waals surface area (Å²) in [5, 5.41) is 0.215. The molecule has 0 bridgehead atoms. The maximum absolute atomic E-state index is 13.6. The molecule has 0 aliphatic carbocycles. The third kappa shape index (κ3) is 2.99. The van der Waals surface area contributed by atoms with Gasteiger partial charge in [0.1, 0.15) is 11.6 Å². The lowest BCUT2D eigenvalue weighted by molar-refractivity contribution is 0.0991. The molecule has 2 aromatic carbocycles. The van der Waals surface area contributed by atoms with Crippen LogP contribution in [0.15, 0.2) is 36.4 Å². The van der Waals surface area contributed by atoms with Crippen molar-refractivity contribution in [3.05, 3.63) is 69.7 Å². The number of carbonyl (C=O) groups excluding carboxylic acids is 1. The zero-order chi connectivity index (χ0) is 14.0. The first-order valence-electron chi connectivity index (χ1n) is 5.71. The van der Waals surface area contributed by atoms with Crippen molar-refractivity contribution in [3.8, 4) is 0 Å². The molecule has 98 valence electrons. The van der Waals surface area contributed by atoms with Crippen LogP contribution in [0.1, 0.15) is 21.5 Å². The highest BCUT2D eigenvalue weighted by atomic mass is 35.5. The maximum Gasteiger partial charge on any atom is 0.167 e. The van der Waals surface area contributed by atoms with Gasteiger partial charge in [-0.15, -0.1) is 0 Å². The average Bonchev–Trinajstić information content (AvgIpc) is 2.37. The van der Waals surface area contributed by atoms with Gasteiger partial charge in [0.05, 0.1) is 0 Å². The molecule has 0 saturated carbocycles. The van der Waals surface area contributed by atoms with Gasteiger partial charge in [-0.1, -0.05) is 17.7 Å². The zero-order valence-corrected chi connectivity index (χ0v) is 11.0. The van der Waals surface area contributed by atoms with Crippen LogP contribution in [0.2, 0.25) is 5.02 Å². The number of Topliss-reactive ketones (excluding diaryl/α,β-unsaturated/α-hetero) is 1. The van der Waals surface area contributed by atoms with Gasteiger partial charge in [0, 0.05) is 22.6 Å². The summed E-state index contributed by atoms with van der Waals surface area (Å²) in [6, 6.07) is 8.33. The van der Waals surface area contributed by atoms with E-state index in [4.69, 9.17) is 11.6 Å². The van der Waals surface area contributed by atoms with Crippen LogP contribution in [-0.2, 0) is 6.42 Å². The Morgan fingerprint density at radius 3 is 2.53 bits per heavy atom. The highest BCUT2D eigenvalue weighted by Gasteiger charge is 2.14. The molecule has 0 atom stereocenters. The smallest absolute Gasteiger partial charge is 0.167 e. The van der Waals surface area contributed by atoms with Gasteiger partial charge in [-0.2, -0.15) is 0 Å². The predicted molar refractivity (Wildman–Crippen MR) is 70.6 cm³/mol. The van der Waals surface area contributed by atoms with Crippen LogP contribution in [0.4, 0.5) is 8.78 Å². The monoisotopic (exact) mass is 280 g/mol. The fourth-order valence-corrected chi connectivity index (χ4v) is 2.01. The van der Waals surface area contributed by atoms with Gasteiger partial charge >= 0.3 is 0 Å². The third-order valence-electron chi connectivity index (χ3n) is 2.88. The summed E-state index contributed by atoms with van der Waals surface area (Å²) < 4.78 is 26.7. The van der Waals surface area contributed by atoms with E-state index in [1.54, 1.807) is 6.92 Å². The summed E-state index contributed by atoms with van der Waals surface area (Å²) in [5.41, 5.74) is 0.889. The van der Waals surface area contributed by atoms with Gasteiger partial charge in [-0.3, -0.25) is 4.79 Å². The van der Waals surface area contributed by atoms with E-state index < -0.39 is 5.82 Å². The molecule has 0 saturated heterocycles. The molecule has 0 N–H and O–H groups in total. The van der Waals surface area contributed by atoms with Gasteiger partial charge in [0.25, 0.3) is 0 Å². The Bertz CT molecular complexity index is 618. The lowest BCUT2D eigenvalue weighted by Crippen LogP contribution is -2.06. The van der Waals surface area contributed by atoms with Crippen LogP contribution >= 0.6 is 11.6 Å². The quantitative estimate of drug-likeness (QED) is 0.764. The largest absolute Gasteiger partial charge is 0.294 e. The predicted octanol–water partition coefficient (Wildman–Crippen LogP) is 4.35. The minimum absolute atomic E-state index is 0.142. The van der Waals surface area contributed by atoms with Crippen molar-refractivity contribution in [1.82, 2.24) is 0 Å². The first-order chi connectivity index (χ1) is 8.99. The lowest BCUT2D eigenvalue weighted by atomic mass is 10.0. The Kier molecular flexibility index (Phi) is 3.96. The van der Waals surface area contributed by atoms with Gasteiger partial charge in [0.15, 0.2) is 5.78 Å². The SMILES string of the molecule is Cc1cc(C(=O)Cc2c(F)cccc2Cl)ccc1F. The molecule has 4 heteroatoms. The summed E-state index contributed by atoms with van der Waals surface area (Å²) in [5.74, 6) is -1.18. The molecule has 0 aliphatic rings. The normalized spacial score (nSPS) is 10.5. The number of halogens is 3. The third-order valence-corrected chi connectivity index (χ3v) is 3.23. The summed E-state index contributed by atoms with van der Waals surface area (Å²) in [4.78, 5) is 12.0. The van der Waals surface area contributed by atoms with E-state index in [-0.39, 0.29) is 28.6 Å². The van der Waals surface area contributed by atoms with E-state index >= 15 is 0 Å². The summed E-state index contributed by atoms with van der Waals surface area (Å²) in [6.07, 6.45) is -0.142. The molecule has 2 rings (SSSR count). The molecule has 2 aromatic rings. The van der Waals surface area contributed by atoms with Crippen LogP contribution in [0, 0.1) is 18.6 Å². The van der Waals surface area contributed by atoms with Crippen LogP contribution in [0.25, 0.3) is 0 Å². The Labute approximate surface area is 114 Å². The Hall–Kier alpha value is -1.74. The van der Waals surface area contributed by atoms with E-state index in [0.717, 1.165) is 0 Å². The van der Waals surface area contributed by atoms with E-state index in [1.165, 1.54) is 36.4 Å². The number of aryl methyl sites for hydroxylation is 1. The first-order valence-corrected chi connectivity index (χ1v) is 6.09. The maximum atomic E-state index is 13.6. The topological polar surface area (TPSA) is 17.1 Å². The van der Waals surface area contributed by atoms with Gasteiger partial charge in [0.2, 0.25) is 0 Å². The molecule has 19 heavy (non-hydrogen) atoms. The highest BCUT2D eigenvalue weighted by Crippen LogP contribution is 2.21. The van der Waals surface area contributed by atoms with E-state index in [2.05, 4.69) is 0 Å². The fraction of sp³-hybridized carbons (Fsp3) is 0.133. The average molecular weight is 281 g/mol. The molecule has 0 aliphatic heterocycles. The van der Waals surface area contributed by atoms with E-state index in [0.29, 0.717) is 11.1 Å². The number of carbonyl (C=O) groups is 1. The summed E-state index contributed by atoms with van der Waals surface area (Å²) >= 11 is 5.87. The second-order valence-electron chi connectivity index (χ2n) is 4.26. The number of ketones is 1. The summed E-state index contributed by atoms with van der Waals surface area (Å²) in [6.45, 7) is 1.57. The van der Waals surface area contributed by atoms with Crippen molar-refractivity contribution in [3.63, 3.8) is 0 Å². The minimum Gasteiger partial charge on any atom is -0.294 e. The summed E-state index contributed by atoms with van der Waals surface area (Å²) in [7, 11) is 0. The second-order valence-corrected chi connectivity index (χ2v) is 4.67. The molecule has 0 unspecified atom stereocenters. The first kappa shape index (κ1) is 13.7. The second kappa shape index (κ2) is 5.49. The molecule has 0 fully saturated rings. The van der Waals surface area contributed by atoms with Crippen molar-refractivity contribution in [2.45, 2.75) is 13.3 Å². The number of hydrogen-bond donors (Lipinski definition) is 0. The van der Waals surface area contributed by atoms with Gasteiger partial charge in [-0.25, -0.2) is 8.78 Å². The van der Waals surface area contributed by atoms with Crippen LogP contribution in [-0.4, -0.2) is 5.78 Å². The van der Waals surface area contributed by atoms with Crippen LogP contribution in [0.3, 0.4) is 0 Å². The van der Waals surface area contributed by atoms with Crippen molar-refractivity contribution >= 4 is 17.4 Å². The van der Waals surface area contributed by atoms with Crippen molar-refractivity contribution in [2.24, 2.45) is 0 Å². The molecular formula is C15H11ClF2O. The number of hydrogen-bond acceptors (Lipinski definition) is 1. The Balaban J connectivity index is 2.28. The van der Waals surface area contributed by atoms with Crippen molar-refractivity contribution < 1.29 is 13.6 Å². The number of rotatable bonds is 3. The van der Waals surface area contributed by atoms with Crippen molar-refractivity contribution in [2.75, 3.05) is 0 Å². The fourth-order valence-electron chi connectivity index (χ4n) is 1.78. The van der Waals surface area contributed by atoms with Crippen LogP contribution in [0.5, 0.6) is 0 Å². The van der Waals surface area contributed by atoms with E-state index in [9.17, 15) is 13.6 Å². The molecule has 0 aromatic heterocycles. The molecule has 0 heterocycles. The molecule has 0 radical (unpaired) electrons. The molecule has 1 nitrogen and oxygen atoms in total. The molecule has 0 amide bonds.